The van der Waals surface area contributed by atoms with Gasteiger partial charge in [-0.2, -0.15) is 5.10 Å². The Morgan fingerprint density at radius 3 is 2.79 bits per heavy atom. The van der Waals surface area contributed by atoms with E-state index in [4.69, 9.17) is 23.8 Å². The summed E-state index contributed by atoms with van der Waals surface area (Å²) in [5.41, 5.74) is 9.14. The number of halogens is 1. The standard InChI is InChI=1S/C8H7ClN4S/c9-6-3-1-2-5(4-6)7-10-12-8(14)13-11-7/h1-4H,(H,10,11)(H2,12,13,14). The van der Waals surface area contributed by atoms with Crippen LogP contribution in [0, 0.1) is 0 Å². The molecule has 0 saturated carbocycles. The highest BCUT2D eigenvalue weighted by Gasteiger charge is 2.08. The molecule has 0 spiro atoms. The van der Waals surface area contributed by atoms with Crippen molar-refractivity contribution >= 4 is 34.8 Å². The van der Waals surface area contributed by atoms with E-state index < -0.39 is 0 Å². The van der Waals surface area contributed by atoms with Crippen molar-refractivity contribution in [1.82, 2.24) is 16.3 Å². The monoisotopic (exact) mass is 226 g/mol. The van der Waals surface area contributed by atoms with Gasteiger partial charge >= 0.3 is 0 Å². The Kier molecular flexibility index (Phi) is 2.51. The van der Waals surface area contributed by atoms with Crippen LogP contribution in [-0.4, -0.2) is 10.9 Å². The Balaban J connectivity index is 2.27. The maximum Gasteiger partial charge on any atom is 0.205 e. The maximum atomic E-state index is 5.84. The van der Waals surface area contributed by atoms with Gasteiger partial charge in [0.25, 0.3) is 0 Å². The van der Waals surface area contributed by atoms with Gasteiger partial charge < -0.3 is 0 Å². The van der Waals surface area contributed by atoms with Crippen LogP contribution < -0.4 is 16.3 Å². The quantitative estimate of drug-likeness (QED) is 0.625. The molecular formula is C8H7ClN4S. The summed E-state index contributed by atoms with van der Waals surface area (Å²) >= 11 is 10.7. The highest BCUT2D eigenvalue weighted by atomic mass is 35.5. The first kappa shape index (κ1) is 9.23. The minimum absolute atomic E-state index is 0.441. The van der Waals surface area contributed by atoms with E-state index in [0.29, 0.717) is 16.0 Å². The fourth-order valence-corrected chi connectivity index (χ4v) is 1.34. The van der Waals surface area contributed by atoms with Gasteiger partial charge in [0, 0.05) is 10.6 Å². The first-order valence-electron chi connectivity index (χ1n) is 3.91. The lowest BCUT2D eigenvalue weighted by atomic mass is 10.2. The van der Waals surface area contributed by atoms with Crippen LogP contribution in [0.3, 0.4) is 0 Å². The van der Waals surface area contributed by atoms with Crippen molar-refractivity contribution in [3.05, 3.63) is 34.9 Å². The molecule has 1 aromatic carbocycles. The van der Waals surface area contributed by atoms with Crippen LogP contribution >= 0.6 is 23.8 Å². The number of thiocarbonyl (C=S) groups is 1. The summed E-state index contributed by atoms with van der Waals surface area (Å²) in [6, 6.07) is 7.37. The molecule has 0 amide bonds. The predicted molar refractivity (Wildman–Crippen MR) is 60.0 cm³/mol. The number of nitrogens with zero attached hydrogens (tertiary/aromatic N) is 1. The number of hydrogen-bond donors (Lipinski definition) is 3. The summed E-state index contributed by atoms with van der Waals surface area (Å²) in [4.78, 5) is 0. The molecule has 4 nitrogen and oxygen atoms in total. The minimum atomic E-state index is 0.441. The van der Waals surface area contributed by atoms with Crippen molar-refractivity contribution in [2.24, 2.45) is 5.10 Å². The van der Waals surface area contributed by atoms with Gasteiger partial charge in [0.15, 0.2) is 5.84 Å². The van der Waals surface area contributed by atoms with Gasteiger partial charge in [0.2, 0.25) is 5.11 Å². The summed E-state index contributed by atoms with van der Waals surface area (Å²) in [6.45, 7) is 0. The van der Waals surface area contributed by atoms with Crippen LogP contribution in [-0.2, 0) is 0 Å². The number of rotatable bonds is 1. The number of nitrogens with one attached hydrogen (secondary N) is 3. The summed E-state index contributed by atoms with van der Waals surface area (Å²) in [5.74, 6) is 0.654. The molecule has 0 saturated heterocycles. The zero-order valence-corrected chi connectivity index (χ0v) is 8.62. The molecule has 6 heteroatoms. The van der Waals surface area contributed by atoms with Crippen molar-refractivity contribution < 1.29 is 0 Å². The zero-order valence-electron chi connectivity index (χ0n) is 7.04. The average molecular weight is 227 g/mol. The molecule has 0 radical (unpaired) electrons. The molecule has 0 aliphatic carbocycles. The van der Waals surface area contributed by atoms with Crippen LogP contribution in [0.25, 0.3) is 0 Å². The van der Waals surface area contributed by atoms with Crippen molar-refractivity contribution in [3.8, 4) is 0 Å². The molecule has 0 unspecified atom stereocenters. The first-order valence-corrected chi connectivity index (χ1v) is 4.70. The summed E-state index contributed by atoms with van der Waals surface area (Å²) in [6.07, 6.45) is 0. The smallest absolute Gasteiger partial charge is 0.205 e. The molecule has 14 heavy (non-hydrogen) atoms. The number of benzene rings is 1. The van der Waals surface area contributed by atoms with Gasteiger partial charge in [0.1, 0.15) is 0 Å². The largest absolute Gasteiger partial charge is 0.280 e. The van der Waals surface area contributed by atoms with E-state index in [1.807, 2.05) is 18.2 Å². The summed E-state index contributed by atoms with van der Waals surface area (Å²) in [5, 5.41) is 5.12. The van der Waals surface area contributed by atoms with Crippen LogP contribution in [0.5, 0.6) is 0 Å². The van der Waals surface area contributed by atoms with Gasteiger partial charge in [0.05, 0.1) is 0 Å². The molecule has 1 aliphatic rings. The average Bonchev–Trinajstić information content (AvgIpc) is 2.19. The number of hydrazone groups is 1. The molecular weight excluding hydrogens is 220 g/mol. The van der Waals surface area contributed by atoms with Crippen molar-refractivity contribution in [1.29, 1.82) is 0 Å². The molecule has 72 valence electrons. The number of amidine groups is 1. The molecule has 0 fully saturated rings. The minimum Gasteiger partial charge on any atom is -0.280 e. The molecule has 2 rings (SSSR count). The number of hydrazine groups is 1. The van der Waals surface area contributed by atoms with Gasteiger partial charge in [-0.05, 0) is 24.4 Å². The second-order valence-electron chi connectivity index (χ2n) is 2.66. The van der Waals surface area contributed by atoms with Crippen molar-refractivity contribution in [3.63, 3.8) is 0 Å². The van der Waals surface area contributed by atoms with Gasteiger partial charge in [-0.15, -0.1) is 0 Å². The van der Waals surface area contributed by atoms with Crippen LogP contribution in [0.15, 0.2) is 29.4 Å². The Morgan fingerprint density at radius 1 is 1.29 bits per heavy atom. The van der Waals surface area contributed by atoms with Crippen LogP contribution in [0.4, 0.5) is 0 Å². The third-order valence-corrected chi connectivity index (χ3v) is 2.09. The SMILES string of the molecule is S=C1NN=C(c2cccc(Cl)c2)NN1. The first-order chi connectivity index (χ1) is 6.75. The summed E-state index contributed by atoms with van der Waals surface area (Å²) in [7, 11) is 0. The van der Waals surface area contributed by atoms with E-state index in [0.717, 1.165) is 5.56 Å². The lowest BCUT2D eigenvalue weighted by molar-refractivity contribution is 0.776. The highest BCUT2D eigenvalue weighted by Crippen LogP contribution is 2.10. The highest BCUT2D eigenvalue weighted by molar-refractivity contribution is 7.80. The third kappa shape index (κ3) is 1.94. The van der Waals surface area contributed by atoms with E-state index >= 15 is 0 Å². The predicted octanol–water partition coefficient (Wildman–Crippen LogP) is 0.984. The van der Waals surface area contributed by atoms with E-state index in [1.165, 1.54) is 0 Å². The van der Waals surface area contributed by atoms with Gasteiger partial charge in [-0.3, -0.25) is 16.3 Å². The summed E-state index contributed by atoms with van der Waals surface area (Å²) < 4.78 is 0. The normalized spacial score (nSPS) is 14.9. The van der Waals surface area contributed by atoms with E-state index in [-0.39, 0.29) is 0 Å². The van der Waals surface area contributed by atoms with Gasteiger partial charge in [-0.1, -0.05) is 23.7 Å². The van der Waals surface area contributed by atoms with E-state index in [1.54, 1.807) is 6.07 Å². The molecule has 0 bridgehead atoms. The second-order valence-corrected chi connectivity index (χ2v) is 3.51. The topological polar surface area (TPSA) is 48.5 Å². The Bertz CT molecular complexity index is 404. The maximum absolute atomic E-state index is 5.84. The number of hydrogen-bond acceptors (Lipinski definition) is 3. The Hall–Kier alpha value is -1.33. The van der Waals surface area contributed by atoms with E-state index in [9.17, 15) is 0 Å². The third-order valence-electron chi connectivity index (χ3n) is 1.66. The Labute approximate surface area is 91.3 Å². The molecule has 0 atom stereocenters. The van der Waals surface area contributed by atoms with Gasteiger partial charge in [-0.25, -0.2) is 0 Å². The van der Waals surface area contributed by atoms with Crippen LogP contribution in [0.1, 0.15) is 5.56 Å². The van der Waals surface area contributed by atoms with E-state index in [2.05, 4.69) is 21.4 Å². The zero-order chi connectivity index (χ0) is 9.97. The molecule has 1 aromatic rings. The molecule has 1 aliphatic heterocycles. The fraction of sp³-hybridized carbons (Fsp3) is 0. The van der Waals surface area contributed by atoms with Crippen LogP contribution in [0.2, 0.25) is 5.02 Å². The van der Waals surface area contributed by atoms with Crippen molar-refractivity contribution in [2.75, 3.05) is 0 Å². The second kappa shape index (κ2) is 3.81. The molecule has 1 heterocycles. The lowest BCUT2D eigenvalue weighted by Crippen LogP contribution is -2.51. The molecule has 0 aromatic heterocycles. The fourth-order valence-electron chi connectivity index (χ4n) is 1.05. The molecule has 3 N–H and O–H groups in total. The lowest BCUT2D eigenvalue weighted by Gasteiger charge is -2.17. The Morgan fingerprint density at radius 2 is 2.14 bits per heavy atom. The van der Waals surface area contributed by atoms with Crippen molar-refractivity contribution in [2.45, 2.75) is 0 Å².